The molecule has 1 spiro atoms. The molecular weight excluding hydrogens is 214 g/mol. The maximum atomic E-state index is 11.5. The van der Waals surface area contributed by atoms with Crippen LogP contribution in [0.25, 0.3) is 0 Å². The summed E-state index contributed by atoms with van der Waals surface area (Å²) in [5.74, 6) is -0.0992. The summed E-state index contributed by atoms with van der Waals surface area (Å²) in [7, 11) is 1.47. The van der Waals surface area contributed by atoms with Crippen LogP contribution in [0.15, 0.2) is 0 Å². The number of ether oxygens (including phenoxy) is 1. The Kier molecular flexibility index (Phi) is 3.76. The highest BCUT2D eigenvalue weighted by Crippen LogP contribution is 2.54. The number of hydrogen-bond donors (Lipinski definition) is 1. The minimum absolute atomic E-state index is 0.0287. The Morgan fingerprint density at radius 2 is 1.71 bits per heavy atom. The van der Waals surface area contributed by atoms with Crippen molar-refractivity contribution in [2.24, 2.45) is 16.6 Å². The molecule has 0 radical (unpaired) electrons. The number of hydrogen-bond acceptors (Lipinski definition) is 3. The highest BCUT2D eigenvalue weighted by atomic mass is 16.5. The van der Waals surface area contributed by atoms with Gasteiger partial charge in [0.2, 0.25) is 0 Å². The standard InChI is InChI=1S/C14H25NO2/c1-17-12(16)10-14(11-15)8-6-13(7-9-14)4-2-3-5-13/h2-11,15H2,1H3. The Morgan fingerprint density at radius 1 is 1.12 bits per heavy atom. The number of esters is 1. The Bertz CT molecular complexity index is 272. The van der Waals surface area contributed by atoms with Gasteiger partial charge < -0.3 is 10.5 Å². The van der Waals surface area contributed by atoms with E-state index in [0.29, 0.717) is 18.4 Å². The number of rotatable bonds is 3. The van der Waals surface area contributed by atoms with Crippen molar-refractivity contribution in [2.45, 2.75) is 57.8 Å². The molecule has 0 bridgehead atoms. The molecule has 0 heterocycles. The minimum Gasteiger partial charge on any atom is -0.469 e. The van der Waals surface area contributed by atoms with Gasteiger partial charge in [-0.2, -0.15) is 0 Å². The van der Waals surface area contributed by atoms with Crippen LogP contribution in [-0.4, -0.2) is 19.6 Å². The van der Waals surface area contributed by atoms with Gasteiger partial charge in [0.15, 0.2) is 0 Å². The zero-order chi connectivity index (χ0) is 12.4. The second-order valence-electron chi connectivity index (χ2n) is 6.16. The normalized spacial score (nSPS) is 26.0. The molecule has 2 fully saturated rings. The maximum Gasteiger partial charge on any atom is 0.306 e. The van der Waals surface area contributed by atoms with Crippen LogP contribution in [0.5, 0.6) is 0 Å². The molecule has 98 valence electrons. The molecule has 2 rings (SSSR count). The molecule has 0 aromatic rings. The van der Waals surface area contributed by atoms with Gasteiger partial charge in [0.1, 0.15) is 0 Å². The van der Waals surface area contributed by atoms with E-state index in [9.17, 15) is 4.79 Å². The van der Waals surface area contributed by atoms with E-state index in [4.69, 9.17) is 10.5 Å². The Morgan fingerprint density at radius 3 is 2.18 bits per heavy atom. The Hall–Kier alpha value is -0.570. The molecule has 2 aliphatic rings. The predicted octanol–water partition coefficient (Wildman–Crippen LogP) is 2.63. The molecule has 2 aliphatic carbocycles. The predicted molar refractivity (Wildman–Crippen MR) is 67.5 cm³/mol. The van der Waals surface area contributed by atoms with Crippen molar-refractivity contribution in [3.63, 3.8) is 0 Å². The molecule has 2 saturated carbocycles. The summed E-state index contributed by atoms with van der Waals surface area (Å²) >= 11 is 0. The van der Waals surface area contributed by atoms with Crippen molar-refractivity contribution in [3.05, 3.63) is 0 Å². The van der Waals surface area contributed by atoms with Crippen molar-refractivity contribution in [2.75, 3.05) is 13.7 Å². The van der Waals surface area contributed by atoms with Gasteiger partial charge in [0.05, 0.1) is 13.5 Å². The van der Waals surface area contributed by atoms with Crippen LogP contribution < -0.4 is 5.73 Å². The van der Waals surface area contributed by atoms with E-state index in [-0.39, 0.29) is 11.4 Å². The second-order valence-corrected chi connectivity index (χ2v) is 6.16. The van der Waals surface area contributed by atoms with Gasteiger partial charge >= 0.3 is 5.97 Å². The third kappa shape index (κ3) is 2.65. The molecule has 0 atom stereocenters. The summed E-state index contributed by atoms with van der Waals surface area (Å²) < 4.78 is 4.80. The topological polar surface area (TPSA) is 52.3 Å². The number of carbonyl (C=O) groups excluding carboxylic acids is 1. The third-order valence-electron chi connectivity index (χ3n) is 5.22. The second kappa shape index (κ2) is 4.97. The molecule has 0 unspecified atom stereocenters. The molecule has 0 amide bonds. The van der Waals surface area contributed by atoms with Crippen LogP contribution in [0.3, 0.4) is 0 Å². The Balaban J connectivity index is 1.96. The zero-order valence-electron chi connectivity index (χ0n) is 11.0. The quantitative estimate of drug-likeness (QED) is 0.770. The largest absolute Gasteiger partial charge is 0.469 e. The molecular formula is C14H25NO2. The first-order valence-electron chi connectivity index (χ1n) is 6.91. The van der Waals surface area contributed by atoms with E-state index in [2.05, 4.69) is 0 Å². The first kappa shape index (κ1) is 12.9. The smallest absolute Gasteiger partial charge is 0.306 e. The maximum absolute atomic E-state index is 11.5. The summed E-state index contributed by atoms with van der Waals surface area (Å²) in [6.07, 6.45) is 10.8. The fraction of sp³-hybridized carbons (Fsp3) is 0.929. The third-order valence-corrected chi connectivity index (χ3v) is 5.22. The number of nitrogens with two attached hydrogens (primary N) is 1. The van der Waals surface area contributed by atoms with E-state index in [1.807, 2.05) is 0 Å². The minimum atomic E-state index is -0.0992. The molecule has 3 nitrogen and oxygen atoms in total. The SMILES string of the molecule is COC(=O)CC1(CN)CCC2(CCCC2)CC1. The molecule has 0 aromatic heterocycles. The van der Waals surface area contributed by atoms with Crippen molar-refractivity contribution < 1.29 is 9.53 Å². The van der Waals surface area contributed by atoms with Crippen molar-refractivity contribution in [3.8, 4) is 0 Å². The molecule has 3 heteroatoms. The lowest BCUT2D eigenvalue weighted by Gasteiger charge is -2.44. The van der Waals surface area contributed by atoms with Gasteiger partial charge in [0, 0.05) is 0 Å². The van der Waals surface area contributed by atoms with Crippen LogP contribution in [0.2, 0.25) is 0 Å². The van der Waals surface area contributed by atoms with E-state index < -0.39 is 0 Å². The zero-order valence-corrected chi connectivity index (χ0v) is 11.0. The van der Waals surface area contributed by atoms with Crippen molar-refractivity contribution in [1.82, 2.24) is 0 Å². The van der Waals surface area contributed by atoms with Gasteiger partial charge in [-0.05, 0) is 55.9 Å². The van der Waals surface area contributed by atoms with Gasteiger partial charge in [-0.1, -0.05) is 12.8 Å². The number of methoxy groups -OCH3 is 1. The summed E-state index contributed by atoms with van der Waals surface area (Å²) in [5, 5.41) is 0. The lowest BCUT2D eigenvalue weighted by Crippen LogP contribution is -2.40. The fourth-order valence-corrected chi connectivity index (χ4v) is 3.77. The van der Waals surface area contributed by atoms with Crippen LogP contribution in [0, 0.1) is 10.8 Å². The van der Waals surface area contributed by atoms with Crippen LogP contribution in [0.4, 0.5) is 0 Å². The summed E-state index contributed by atoms with van der Waals surface area (Å²) in [4.78, 5) is 11.5. The van der Waals surface area contributed by atoms with E-state index >= 15 is 0 Å². The van der Waals surface area contributed by atoms with Crippen LogP contribution >= 0.6 is 0 Å². The summed E-state index contributed by atoms with van der Waals surface area (Å²) in [6.45, 7) is 0.623. The molecule has 0 aromatic carbocycles. The molecule has 2 N–H and O–H groups in total. The first-order chi connectivity index (χ1) is 8.14. The molecule has 17 heavy (non-hydrogen) atoms. The molecule has 0 saturated heterocycles. The van der Waals surface area contributed by atoms with Crippen molar-refractivity contribution in [1.29, 1.82) is 0 Å². The highest BCUT2D eigenvalue weighted by molar-refractivity contribution is 5.70. The first-order valence-corrected chi connectivity index (χ1v) is 6.91. The molecule has 0 aliphatic heterocycles. The van der Waals surface area contributed by atoms with Gasteiger partial charge in [-0.3, -0.25) is 4.79 Å². The fourth-order valence-electron chi connectivity index (χ4n) is 3.77. The average Bonchev–Trinajstić information content (AvgIpc) is 2.81. The lowest BCUT2D eigenvalue weighted by molar-refractivity contribution is -0.144. The summed E-state index contributed by atoms with van der Waals surface area (Å²) in [5.41, 5.74) is 6.56. The van der Waals surface area contributed by atoms with Gasteiger partial charge in [0.25, 0.3) is 0 Å². The van der Waals surface area contributed by atoms with Crippen molar-refractivity contribution >= 4 is 5.97 Å². The highest BCUT2D eigenvalue weighted by Gasteiger charge is 2.44. The average molecular weight is 239 g/mol. The lowest BCUT2D eigenvalue weighted by atomic mass is 9.62. The van der Waals surface area contributed by atoms with E-state index in [1.54, 1.807) is 0 Å². The summed E-state index contributed by atoms with van der Waals surface area (Å²) in [6, 6.07) is 0. The van der Waals surface area contributed by atoms with Crippen LogP contribution in [-0.2, 0) is 9.53 Å². The monoisotopic (exact) mass is 239 g/mol. The number of carbonyl (C=O) groups is 1. The van der Waals surface area contributed by atoms with Crippen LogP contribution in [0.1, 0.15) is 57.8 Å². The Labute approximate surface area is 104 Å². The van der Waals surface area contributed by atoms with E-state index in [0.717, 1.165) is 12.8 Å². The van der Waals surface area contributed by atoms with Gasteiger partial charge in [-0.25, -0.2) is 0 Å². The van der Waals surface area contributed by atoms with E-state index in [1.165, 1.54) is 45.6 Å². The van der Waals surface area contributed by atoms with Gasteiger partial charge in [-0.15, -0.1) is 0 Å².